The fourth-order valence-electron chi connectivity index (χ4n) is 2.81. The van der Waals surface area contributed by atoms with Crippen LogP contribution in [0.4, 0.5) is 0 Å². The highest BCUT2D eigenvalue weighted by molar-refractivity contribution is 9.10. The minimum absolute atomic E-state index is 0.668. The van der Waals surface area contributed by atoms with E-state index < -0.39 is 0 Å². The maximum atomic E-state index is 4.32. The Hall–Kier alpha value is -0.350. The minimum atomic E-state index is 0.668. The molecule has 0 spiro atoms. The molecule has 0 bridgehead atoms. The van der Waals surface area contributed by atoms with E-state index in [-0.39, 0.29) is 0 Å². The van der Waals surface area contributed by atoms with Crippen molar-refractivity contribution < 1.29 is 0 Å². The highest BCUT2D eigenvalue weighted by Crippen LogP contribution is 2.41. The lowest BCUT2D eigenvalue weighted by molar-refractivity contribution is 0.431. The van der Waals surface area contributed by atoms with Crippen molar-refractivity contribution >= 4 is 15.9 Å². The van der Waals surface area contributed by atoms with E-state index in [9.17, 15) is 0 Å². The number of aromatic nitrogens is 2. The SMILES string of the molecule is CCNCC1CCCC1c1c(Br)cnn1C. The summed E-state index contributed by atoms with van der Waals surface area (Å²) in [5, 5.41) is 7.80. The second-order valence-electron chi connectivity index (χ2n) is 4.61. The van der Waals surface area contributed by atoms with Gasteiger partial charge in [0.2, 0.25) is 0 Å². The Morgan fingerprint density at radius 2 is 2.38 bits per heavy atom. The summed E-state index contributed by atoms with van der Waals surface area (Å²) in [7, 11) is 2.04. The molecular formula is C12H20BrN3. The number of nitrogens with zero attached hydrogens (tertiary/aromatic N) is 2. The van der Waals surface area contributed by atoms with Crippen LogP contribution in [0.2, 0.25) is 0 Å². The normalized spacial score (nSPS) is 25.2. The summed E-state index contributed by atoms with van der Waals surface area (Å²) in [5.74, 6) is 1.44. The van der Waals surface area contributed by atoms with Crippen LogP contribution < -0.4 is 5.32 Å². The molecule has 0 radical (unpaired) electrons. The van der Waals surface area contributed by atoms with E-state index in [1.165, 1.54) is 29.4 Å². The Labute approximate surface area is 106 Å². The molecule has 1 heterocycles. The first-order valence-electron chi connectivity index (χ1n) is 6.12. The third-order valence-corrected chi connectivity index (χ3v) is 4.22. The van der Waals surface area contributed by atoms with Gasteiger partial charge in [-0.3, -0.25) is 4.68 Å². The number of aryl methyl sites for hydroxylation is 1. The Bertz CT molecular complexity index is 329. The van der Waals surface area contributed by atoms with E-state index in [0.29, 0.717) is 5.92 Å². The Morgan fingerprint density at radius 3 is 3.00 bits per heavy atom. The predicted octanol–water partition coefficient (Wildman–Crippen LogP) is 2.68. The van der Waals surface area contributed by atoms with Crippen molar-refractivity contribution in [2.75, 3.05) is 13.1 Å². The molecule has 1 aromatic rings. The molecule has 1 aliphatic carbocycles. The fourth-order valence-corrected chi connectivity index (χ4v) is 3.45. The van der Waals surface area contributed by atoms with Crippen molar-refractivity contribution in [3.63, 3.8) is 0 Å². The summed E-state index contributed by atoms with van der Waals surface area (Å²) in [6.07, 6.45) is 5.90. The van der Waals surface area contributed by atoms with Gasteiger partial charge in [-0.15, -0.1) is 0 Å². The fraction of sp³-hybridized carbons (Fsp3) is 0.750. The van der Waals surface area contributed by atoms with Crippen molar-refractivity contribution in [1.29, 1.82) is 0 Å². The van der Waals surface area contributed by atoms with Crippen LogP contribution in [0.1, 0.15) is 37.8 Å². The summed E-state index contributed by atoms with van der Waals surface area (Å²) in [5.41, 5.74) is 1.38. The van der Waals surface area contributed by atoms with Gasteiger partial charge in [-0.1, -0.05) is 13.3 Å². The Balaban J connectivity index is 2.13. The van der Waals surface area contributed by atoms with Gasteiger partial charge in [0.25, 0.3) is 0 Å². The van der Waals surface area contributed by atoms with Crippen LogP contribution in [0.25, 0.3) is 0 Å². The van der Waals surface area contributed by atoms with E-state index >= 15 is 0 Å². The molecule has 90 valence electrons. The maximum absolute atomic E-state index is 4.32. The highest BCUT2D eigenvalue weighted by atomic mass is 79.9. The first kappa shape index (κ1) is 12.1. The van der Waals surface area contributed by atoms with Gasteiger partial charge in [0.15, 0.2) is 0 Å². The van der Waals surface area contributed by atoms with Crippen LogP contribution in [0.15, 0.2) is 10.7 Å². The molecule has 16 heavy (non-hydrogen) atoms. The smallest absolute Gasteiger partial charge is 0.0635 e. The lowest BCUT2D eigenvalue weighted by Crippen LogP contribution is -2.25. The van der Waals surface area contributed by atoms with Gasteiger partial charge in [0.05, 0.1) is 16.4 Å². The molecule has 2 unspecified atom stereocenters. The van der Waals surface area contributed by atoms with Gasteiger partial charge < -0.3 is 5.32 Å². The molecule has 1 aromatic heterocycles. The van der Waals surface area contributed by atoms with Crippen LogP contribution in [0.5, 0.6) is 0 Å². The molecule has 1 aliphatic rings. The molecule has 0 amide bonds. The van der Waals surface area contributed by atoms with Gasteiger partial charge in [0.1, 0.15) is 0 Å². The molecule has 1 saturated carbocycles. The van der Waals surface area contributed by atoms with Crippen molar-refractivity contribution in [3.8, 4) is 0 Å². The van der Waals surface area contributed by atoms with Gasteiger partial charge in [0, 0.05) is 13.0 Å². The average Bonchev–Trinajstić information content (AvgIpc) is 2.83. The van der Waals surface area contributed by atoms with Gasteiger partial charge in [-0.25, -0.2) is 0 Å². The minimum Gasteiger partial charge on any atom is -0.317 e. The highest BCUT2D eigenvalue weighted by Gasteiger charge is 2.31. The number of hydrogen-bond donors (Lipinski definition) is 1. The summed E-state index contributed by atoms with van der Waals surface area (Å²) >= 11 is 3.62. The summed E-state index contributed by atoms with van der Waals surface area (Å²) < 4.78 is 3.20. The first-order chi connectivity index (χ1) is 7.74. The van der Waals surface area contributed by atoms with E-state index in [4.69, 9.17) is 0 Å². The largest absolute Gasteiger partial charge is 0.317 e. The predicted molar refractivity (Wildman–Crippen MR) is 69.5 cm³/mol. The van der Waals surface area contributed by atoms with Gasteiger partial charge in [-0.05, 0) is 47.8 Å². The third kappa shape index (κ3) is 2.33. The molecule has 1 fully saturated rings. The van der Waals surface area contributed by atoms with Crippen LogP contribution in [0, 0.1) is 5.92 Å². The standard InChI is InChI=1S/C12H20BrN3/c1-3-14-7-9-5-4-6-10(9)12-11(13)8-15-16(12)2/h8-10,14H,3-7H2,1-2H3. The zero-order valence-electron chi connectivity index (χ0n) is 10.0. The van der Waals surface area contributed by atoms with Gasteiger partial charge >= 0.3 is 0 Å². The lowest BCUT2D eigenvalue weighted by Gasteiger charge is -2.20. The molecule has 2 atom stereocenters. The maximum Gasteiger partial charge on any atom is 0.0635 e. The molecule has 0 aromatic carbocycles. The lowest BCUT2D eigenvalue weighted by atomic mass is 9.92. The zero-order valence-corrected chi connectivity index (χ0v) is 11.6. The average molecular weight is 286 g/mol. The summed E-state index contributed by atoms with van der Waals surface area (Å²) in [6.45, 7) is 4.37. The van der Waals surface area contributed by atoms with Crippen LogP contribution >= 0.6 is 15.9 Å². The van der Waals surface area contributed by atoms with E-state index in [1.54, 1.807) is 0 Å². The Kier molecular flexibility index (Phi) is 4.03. The summed E-state index contributed by atoms with van der Waals surface area (Å²) in [6, 6.07) is 0. The molecule has 2 rings (SSSR count). The number of rotatable bonds is 4. The van der Waals surface area contributed by atoms with Gasteiger partial charge in [-0.2, -0.15) is 5.10 Å². The van der Waals surface area contributed by atoms with Crippen molar-refractivity contribution in [3.05, 3.63) is 16.4 Å². The van der Waals surface area contributed by atoms with Crippen molar-refractivity contribution in [2.45, 2.75) is 32.1 Å². The van der Waals surface area contributed by atoms with E-state index in [2.05, 4.69) is 33.3 Å². The second-order valence-corrected chi connectivity index (χ2v) is 5.46. The second kappa shape index (κ2) is 5.32. The van der Waals surface area contributed by atoms with Crippen molar-refractivity contribution in [2.24, 2.45) is 13.0 Å². The summed E-state index contributed by atoms with van der Waals surface area (Å²) in [4.78, 5) is 0. The van der Waals surface area contributed by atoms with E-state index in [1.807, 2.05) is 17.9 Å². The molecule has 0 saturated heterocycles. The number of halogens is 1. The number of hydrogen-bond acceptors (Lipinski definition) is 2. The van der Waals surface area contributed by atoms with Crippen LogP contribution in [-0.2, 0) is 7.05 Å². The van der Waals surface area contributed by atoms with E-state index in [0.717, 1.165) is 19.0 Å². The van der Waals surface area contributed by atoms with Crippen LogP contribution in [-0.4, -0.2) is 22.9 Å². The quantitative estimate of drug-likeness (QED) is 0.922. The monoisotopic (exact) mass is 285 g/mol. The number of nitrogens with one attached hydrogen (secondary N) is 1. The molecule has 4 heteroatoms. The molecular weight excluding hydrogens is 266 g/mol. The first-order valence-corrected chi connectivity index (χ1v) is 6.91. The zero-order chi connectivity index (χ0) is 11.5. The third-order valence-electron chi connectivity index (χ3n) is 3.60. The van der Waals surface area contributed by atoms with Crippen LogP contribution in [0.3, 0.4) is 0 Å². The molecule has 1 N–H and O–H groups in total. The van der Waals surface area contributed by atoms with Crippen molar-refractivity contribution in [1.82, 2.24) is 15.1 Å². The Morgan fingerprint density at radius 1 is 1.56 bits per heavy atom. The molecule has 0 aliphatic heterocycles. The molecule has 3 nitrogen and oxygen atoms in total. The topological polar surface area (TPSA) is 29.9 Å².